The van der Waals surface area contributed by atoms with Gasteiger partial charge in [0.15, 0.2) is 0 Å². The third-order valence-corrected chi connectivity index (χ3v) is 7.08. The molecule has 3 aliphatic heterocycles. The standard InChI is InChI=1S/C27H37N9O/c1-2-23-30-26(31-24-20-21(10-11-28-24)25(37)29-22-8-4-3-5-9-22)33-27(32-23)36-18-16-35(17-19-36)15-14-34-12-6-7-13-34/h3-5,8-11,20,27H,2,6-7,12-19H2,1H3,(H,29,37)(H2,28,30,31,32,33). The molecular formula is C27H37N9O. The Labute approximate surface area is 218 Å². The number of likely N-dealkylation sites (tertiary alicyclic amines) is 1. The number of carbonyl (C=O) groups excluding carboxylic acids is 1. The fraction of sp³-hybridized carbons (Fsp3) is 0.481. The summed E-state index contributed by atoms with van der Waals surface area (Å²) in [5, 5.41) is 9.44. The number of carbonyl (C=O) groups is 1. The molecule has 10 heteroatoms. The lowest BCUT2D eigenvalue weighted by molar-refractivity contribution is 0.0945. The van der Waals surface area contributed by atoms with E-state index in [1.165, 1.54) is 32.5 Å². The Morgan fingerprint density at radius 1 is 0.973 bits per heavy atom. The number of rotatable bonds is 8. The maximum atomic E-state index is 12.7. The highest BCUT2D eigenvalue weighted by molar-refractivity contribution is 6.08. The topological polar surface area (TPSA) is 100 Å². The number of guanidine groups is 1. The molecule has 1 aromatic carbocycles. The summed E-state index contributed by atoms with van der Waals surface area (Å²) in [6, 6.07) is 12.8. The largest absolute Gasteiger partial charge is 0.322 e. The van der Waals surface area contributed by atoms with Crippen LogP contribution in [0.5, 0.6) is 0 Å². The van der Waals surface area contributed by atoms with Gasteiger partial charge in [-0.25, -0.2) is 15.0 Å². The molecule has 5 rings (SSSR count). The van der Waals surface area contributed by atoms with E-state index in [1.54, 1.807) is 18.3 Å². The predicted molar refractivity (Wildman–Crippen MR) is 148 cm³/mol. The number of pyridine rings is 1. The van der Waals surface area contributed by atoms with Crippen LogP contribution >= 0.6 is 0 Å². The zero-order chi connectivity index (χ0) is 25.5. The van der Waals surface area contributed by atoms with Crippen molar-refractivity contribution in [2.75, 3.05) is 63.0 Å². The summed E-state index contributed by atoms with van der Waals surface area (Å²) in [5.41, 5.74) is 1.27. The van der Waals surface area contributed by atoms with Gasteiger partial charge in [-0.05, 0) is 50.2 Å². The first-order chi connectivity index (χ1) is 18.2. The van der Waals surface area contributed by atoms with Crippen LogP contribution in [0.3, 0.4) is 0 Å². The van der Waals surface area contributed by atoms with Crippen LogP contribution in [0.15, 0.2) is 58.6 Å². The third kappa shape index (κ3) is 6.91. The molecular weight excluding hydrogens is 466 g/mol. The first-order valence-corrected chi connectivity index (χ1v) is 13.4. The van der Waals surface area contributed by atoms with Crippen molar-refractivity contribution in [3.05, 3.63) is 54.2 Å². The van der Waals surface area contributed by atoms with Gasteiger partial charge < -0.3 is 20.9 Å². The Balaban J connectivity index is 1.18. The van der Waals surface area contributed by atoms with Crippen molar-refractivity contribution in [2.45, 2.75) is 32.5 Å². The number of nitrogens with zero attached hydrogens (tertiary/aromatic N) is 6. The van der Waals surface area contributed by atoms with E-state index in [9.17, 15) is 4.79 Å². The molecule has 10 nitrogen and oxygen atoms in total. The molecule has 0 bridgehead atoms. The summed E-state index contributed by atoms with van der Waals surface area (Å²) in [7, 11) is 0. The number of piperazine rings is 1. The van der Waals surface area contributed by atoms with Gasteiger partial charge in [-0.3, -0.25) is 14.6 Å². The van der Waals surface area contributed by atoms with Gasteiger partial charge in [0.1, 0.15) is 11.7 Å². The van der Waals surface area contributed by atoms with Crippen LogP contribution < -0.4 is 16.0 Å². The van der Waals surface area contributed by atoms with Crippen molar-refractivity contribution in [3.8, 4) is 0 Å². The predicted octanol–water partition coefficient (Wildman–Crippen LogP) is 2.51. The Hall–Kier alpha value is -3.34. The second-order valence-electron chi connectivity index (χ2n) is 9.68. The van der Waals surface area contributed by atoms with Crippen molar-refractivity contribution in [1.82, 2.24) is 25.0 Å². The lowest BCUT2D eigenvalue weighted by atomic mass is 10.2. The lowest BCUT2D eigenvalue weighted by Gasteiger charge is -2.38. The molecule has 196 valence electrons. The van der Waals surface area contributed by atoms with Gasteiger partial charge in [0.05, 0.1) is 0 Å². The number of hydrogen-bond donors (Lipinski definition) is 3. The number of amides is 1. The zero-order valence-electron chi connectivity index (χ0n) is 21.6. The Morgan fingerprint density at radius 3 is 2.43 bits per heavy atom. The monoisotopic (exact) mass is 503 g/mol. The fourth-order valence-electron chi connectivity index (χ4n) is 4.88. The minimum absolute atomic E-state index is 0.188. The van der Waals surface area contributed by atoms with Gasteiger partial charge in [-0.1, -0.05) is 25.1 Å². The van der Waals surface area contributed by atoms with Crippen LogP contribution in [-0.4, -0.2) is 96.0 Å². The Bertz CT molecular complexity index is 1110. The number of hydrogen-bond acceptors (Lipinski definition) is 9. The number of nitrogens with one attached hydrogen (secondary N) is 3. The number of benzene rings is 1. The molecule has 0 aliphatic carbocycles. The van der Waals surface area contributed by atoms with Crippen molar-refractivity contribution < 1.29 is 4.79 Å². The van der Waals surface area contributed by atoms with Gasteiger partial charge in [0.25, 0.3) is 5.91 Å². The van der Waals surface area contributed by atoms with E-state index in [2.05, 4.69) is 42.6 Å². The Morgan fingerprint density at radius 2 is 1.70 bits per heavy atom. The maximum absolute atomic E-state index is 12.7. The van der Waals surface area contributed by atoms with E-state index in [1.807, 2.05) is 30.3 Å². The Kier molecular flexibility index (Phi) is 8.39. The van der Waals surface area contributed by atoms with Crippen molar-refractivity contribution in [3.63, 3.8) is 0 Å². The van der Waals surface area contributed by atoms with E-state index >= 15 is 0 Å². The van der Waals surface area contributed by atoms with E-state index in [0.717, 1.165) is 50.7 Å². The average molecular weight is 504 g/mol. The lowest BCUT2D eigenvalue weighted by Crippen LogP contribution is -2.53. The second-order valence-corrected chi connectivity index (χ2v) is 9.68. The van der Waals surface area contributed by atoms with Crippen LogP contribution in [0.1, 0.15) is 36.5 Å². The molecule has 2 fully saturated rings. The second kappa shape index (κ2) is 12.3. The van der Waals surface area contributed by atoms with Crippen LogP contribution in [0.2, 0.25) is 0 Å². The smallest absolute Gasteiger partial charge is 0.255 e. The molecule has 1 atom stereocenters. The molecule has 1 unspecified atom stereocenters. The van der Waals surface area contributed by atoms with Crippen LogP contribution in [0, 0.1) is 0 Å². The SMILES string of the molecule is CCC1=NC(N2CCN(CCN3CCCC3)CC2)N=C(Nc2cc(C(=O)Nc3ccccc3)ccn2)N1. The fourth-order valence-corrected chi connectivity index (χ4v) is 4.88. The first-order valence-electron chi connectivity index (χ1n) is 13.4. The van der Waals surface area contributed by atoms with Crippen LogP contribution in [-0.2, 0) is 0 Å². The number of aromatic nitrogens is 1. The van der Waals surface area contributed by atoms with Gasteiger partial charge in [0, 0.05) is 63.1 Å². The molecule has 0 radical (unpaired) electrons. The zero-order valence-corrected chi connectivity index (χ0v) is 21.6. The maximum Gasteiger partial charge on any atom is 0.255 e. The normalized spacial score (nSPS) is 21.2. The number of para-hydroxylation sites is 1. The summed E-state index contributed by atoms with van der Waals surface area (Å²) in [5.74, 6) is 1.85. The number of amidine groups is 1. The van der Waals surface area contributed by atoms with Crippen molar-refractivity contribution in [2.24, 2.45) is 9.98 Å². The molecule has 1 aromatic heterocycles. The highest BCUT2D eigenvalue weighted by Gasteiger charge is 2.27. The summed E-state index contributed by atoms with van der Waals surface area (Å²) in [6.45, 7) is 10.8. The molecule has 2 saturated heterocycles. The molecule has 3 aliphatic rings. The molecule has 2 aromatic rings. The minimum Gasteiger partial charge on any atom is -0.322 e. The van der Waals surface area contributed by atoms with Crippen molar-refractivity contribution in [1.29, 1.82) is 0 Å². The summed E-state index contributed by atoms with van der Waals surface area (Å²) < 4.78 is 0. The third-order valence-electron chi connectivity index (χ3n) is 7.08. The first kappa shape index (κ1) is 25.3. The highest BCUT2D eigenvalue weighted by Crippen LogP contribution is 2.15. The molecule has 1 amide bonds. The summed E-state index contributed by atoms with van der Waals surface area (Å²) in [4.78, 5) is 34.3. The highest BCUT2D eigenvalue weighted by atomic mass is 16.1. The molecule has 0 spiro atoms. The molecule has 37 heavy (non-hydrogen) atoms. The molecule has 4 heterocycles. The summed E-state index contributed by atoms with van der Waals surface area (Å²) in [6.07, 6.45) is 4.83. The van der Waals surface area contributed by atoms with E-state index in [4.69, 9.17) is 9.98 Å². The molecule has 3 N–H and O–H groups in total. The van der Waals surface area contributed by atoms with Gasteiger partial charge >= 0.3 is 0 Å². The van der Waals surface area contributed by atoms with Gasteiger partial charge in [0.2, 0.25) is 12.2 Å². The number of aliphatic imine (C=N–C) groups is 2. The minimum atomic E-state index is -0.260. The van der Waals surface area contributed by atoms with Gasteiger partial charge in [-0.15, -0.1) is 0 Å². The molecule has 0 saturated carbocycles. The van der Waals surface area contributed by atoms with Crippen LogP contribution in [0.4, 0.5) is 11.5 Å². The summed E-state index contributed by atoms with van der Waals surface area (Å²) >= 11 is 0. The average Bonchev–Trinajstić information content (AvgIpc) is 3.46. The van der Waals surface area contributed by atoms with Crippen LogP contribution in [0.25, 0.3) is 0 Å². The number of anilines is 2. The quantitative estimate of drug-likeness (QED) is 0.509. The van der Waals surface area contributed by atoms with E-state index < -0.39 is 0 Å². The van der Waals surface area contributed by atoms with Gasteiger partial charge in [-0.2, -0.15) is 0 Å². The van der Waals surface area contributed by atoms with Crippen molar-refractivity contribution >= 4 is 29.2 Å². The van der Waals surface area contributed by atoms with E-state index in [0.29, 0.717) is 17.3 Å². The van der Waals surface area contributed by atoms with E-state index in [-0.39, 0.29) is 12.2 Å².